The molecule has 0 N–H and O–H groups in total. The second-order valence-electron chi connectivity index (χ2n) is 8.47. The molecular weight excluding hydrogens is 468 g/mol. The van der Waals surface area contributed by atoms with Gasteiger partial charge >= 0.3 is 0 Å². The molecule has 0 bridgehead atoms. The summed E-state index contributed by atoms with van der Waals surface area (Å²) in [6.07, 6.45) is 4.49. The summed E-state index contributed by atoms with van der Waals surface area (Å²) in [6.45, 7) is 5.56. The fourth-order valence-corrected chi connectivity index (χ4v) is 5.07. The third-order valence-corrected chi connectivity index (χ3v) is 7.44. The number of piperazine rings is 1. The Labute approximate surface area is 205 Å². The first-order valence-electron chi connectivity index (χ1n) is 11.5. The number of hydrogen-bond donors (Lipinski definition) is 0. The average molecular weight is 499 g/mol. The molecule has 4 rings (SSSR count). The number of rotatable bonds is 7. The number of hydrogen-bond acceptors (Lipinski definition) is 6. The molecule has 9 heteroatoms. The Kier molecular flexibility index (Phi) is 7.18. The van der Waals surface area contributed by atoms with Crippen molar-refractivity contribution >= 4 is 32.5 Å². The number of amides is 1. The first-order chi connectivity index (χ1) is 16.7. The fraction of sp³-hybridized carbons (Fsp3) is 0.346. The number of allylic oxidation sites excluding steroid dienone is 1. The maximum Gasteiger partial charge on any atom is 0.246 e. The highest BCUT2D eigenvalue weighted by Crippen LogP contribution is 2.38. The maximum atomic E-state index is 13.0. The lowest BCUT2D eigenvalue weighted by molar-refractivity contribution is -0.127. The van der Waals surface area contributed by atoms with Gasteiger partial charge in [-0.2, -0.15) is 4.31 Å². The van der Waals surface area contributed by atoms with Crippen LogP contribution in [-0.4, -0.2) is 69.7 Å². The van der Waals surface area contributed by atoms with Gasteiger partial charge in [0, 0.05) is 54.8 Å². The molecule has 1 fully saturated rings. The number of furan rings is 1. The van der Waals surface area contributed by atoms with Crippen LogP contribution in [0.25, 0.3) is 27.7 Å². The topological polar surface area (TPSA) is 89.3 Å². The largest absolute Gasteiger partial charge is 0.497 e. The van der Waals surface area contributed by atoms with Crippen LogP contribution in [0.1, 0.15) is 19.4 Å². The van der Waals surface area contributed by atoms with Gasteiger partial charge in [0.25, 0.3) is 0 Å². The van der Waals surface area contributed by atoms with Gasteiger partial charge in [-0.25, -0.2) is 8.42 Å². The summed E-state index contributed by atoms with van der Waals surface area (Å²) in [5.41, 5.74) is 4.11. The van der Waals surface area contributed by atoms with E-state index < -0.39 is 10.0 Å². The monoisotopic (exact) mass is 498 g/mol. The minimum absolute atomic E-state index is 0.154. The summed E-state index contributed by atoms with van der Waals surface area (Å²) in [5, 5.41) is 0.902. The second kappa shape index (κ2) is 10.1. The molecule has 0 spiro atoms. The van der Waals surface area contributed by atoms with Gasteiger partial charge in [-0.3, -0.25) is 4.79 Å². The third kappa shape index (κ3) is 5.36. The van der Waals surface area contributed by atoms with Crippen molar-refractivity contribution in [2.75, 3.05) is 46.2 Å². The van der Waals surface area contributed by atoms with Gasteiger partial charge in [-0.15, -0.1) is 0 Å². The van der Waals surface area contributed by atoms with Crippen LogP contribution in [0.15, 0.2) is 53.2 Å². The van der Waals surface area contributed by atoms with Crippen molar-refractivity contribution in [1.29, 1.82) is 0 Å². The molecule has 1 saturated heterocycles. The molecule has 2 aromatic carbocycles. The zero-order valence-corrected chi connectivity index (χ0v) is 21.2. The van der Waals surface area contributed by atoms with Crippen LogP contribution in [0.5, 0.6) is 11.5 Å². The number of ether oxygens (including phenoxy) is 2. The number of carbonyl (C=O) groups is 1. The molecule has 1 amide bonds. The van der Waals surface area contributed by atoms with E-state index in [1.165, 1.54) is 10.6 Å². The Morgan fingerprint density at radius 3 is 2.54 bits per heavy atom. The maximum absolute atomic E-state index is 13.0. The Balaban J connectivity index is 1.66. The fourth-order valence-electron chi connectivity index (χ4n) is 4.25. The summed E-state index contributed by atoms with van der Waals surface area (Å²) in [6, 6.07) is 11.6. The van der Waals surface area contributed by atoms with Gasteiger partial charge in [-0.05, 0) is 43.2 Å². The molecule has 2 heterocycles. The molecule has 8 nitrogen and oxygen atoms in total. The number of sulfonamides is 1. The van der Waals surface area contributed by atoms with E-state index in [9.17, 15) is 13.2 Å². The van der Waals surface area contributed by atoms with Gasteiger partial charge in [0.15, 0.2) is 0 Å². The highest BCUT2D eigenvalue weighted by Gasteiger charge is 2.25. The first kappa shape index (κ1) is 24.8. The van der Waals surface area contributed by atoms with Crippen LogP contribution in [0, 0.1) is 0 Å². The quantitative estimate of drug-likeness (QED) is 0.457. The number of carbonyl (C=O) groups excluding carboxylic acids is 1. The van der Waals surface area contributed by atoms with E-state index >= 15 is 0 Å². The molecule has 1 aromatic heterocycles. The van der Waals surface area contributed by atoms with Gasteiger partial charge < -0.3 is 18.8 Å². The molecule has 3 aromatic rings. The van der Waals surface area contributed by atoms with Crippen molar-refractivity contribution < 1.29 is 27.1 Å². The summed E-state index contributed by atoms with van der Waals surface area (Å²) < 4.78 is 42.0. The summed E-state index contributed by atoms with van der Waals surface area (Å²) >= 11 is 0. The third-order valence-electron chi connectivity index (χ3n) is 6.14. The van der Waals surface area contributed by atoms with E-state index in [1.54, 1.807) is 24.3 Å². The summed E-state index contributed by atoms with van der Waals surface area (Å²) in [5.74, 6) is 1.23. The van der Waals surface area contributed by atoms with Crippen LogP contribution in [0.4, 0.5) is 0 Å². The van der Waals surface area contributed by atoms with Crippen LogP contribution < -0.4 is 9.47 Å². The predicted molar refractivity (Wildman–Crippen MR) is 136 cm³/mol. The molecule has 0 unspecified atom stereocenters. The average Bonchev–Trinajstić information content (AvgIpc) is 3.26. The predicted octanol–water partition coefficient (Wildman–Crippen LogP) is 4.01. The normalized spacial score (nSPS) is 15.4. The summed E-state index contributed by atoms with van der Waals surface area (Å²) in [7, 11) is -1.62. The standard InChI is InChI=1S/C26H30N2O6S/c1-5-33-24-16-25-22(23(17-34-25)19-7-6-8-20(14-19)32-3)15-21(24)18(2)13-26(29)27-9-11-28(12-10-27)35(4,30)31/h6-8,13-17H,5,9-12H2,1-4H3/b18-13+. The molecule has 35 heavy (non-hydrogen) atoms. The number of methoxy groups -OCH3 is 1. The highest BCUT2D eigenvalue weighted by atomic mass is 32.2. The number of fused-ring (bicyclic) bond motifs is 1. The Bertz CT molecular complexity index is 1370. The minimum Gasteiger partial charge on any atom is -0.497 e. The molecule has 1 aliphatic heterocycles. The van der Waals surface area contributed by atoms with E-state index in [1.807, 2.05) is 50.2 Å². The van der Waals surface area contributed by atoms with Gasteiger partial charge in [0.05, 0.1) is 26.2 Å². The number of benzene rings is 2. The molecular formula is C26H30N2O6S. The van der Waals surface area contributed by atoms with Crippen molar-refractivity contribution in [2.24, 2.45) is 0 Å². The van der Waals surface area contributed by atoms with Crippen molar-refractivity contribution in [3.05, 3.63) is 54.3 Å². The van der Waals surface area contributed by atoms with Crippen LogP contribution in [-0.2, 0) is 14.8 Å². The van der Waals surface area contributed by atoms with Crippen molar-refractivity contribution in [1.82, 2.24) is 9.21 Å². The van der Waals surface area contributed by atoms with Crippen LogP contribution in [0.3, 0.4) is 0 Å². The molecule has 186 valence electrons. The van der Waals surface area contributed by atoms with E-state index in [2.05, 4.69) is 0 Å². The summed E-state index contributed by atoms with van der Waals surface area (Å²) in [4.78, 5) is 14.7. The van der Waals surface area contributed by atoms with Crippen molar-refractivity contribution in [3.63, 3.8) is 0 Å². The Morgan fingerprint density at radius 2 is 1.89 bits per heavy atom. The minimum atomic E-state index is -3.25. The molecule has 0 aliphatic carbocycles. The van der Waals surface area contributed by atoms with Crippen LogP contribution >= 0.6 is 0 Å². The molecule has 0 radical (unpaired) electrons. The SMILES string of the molecule is CCOc1cc2occ(-c3cccc(OC)c3)c2cc1/C(C)=C/C(=O)N1CCN(S(C)(=O)=O)CC1. The Morgan fingerprint density at radius 1 is 1.14 bits per heavy atom. The van der Waals surface area contributed by atoms with E-state index in [0.29, 0.717) is 44.1 Å². The van der Waals surface area contributed by atoms with Crippen molar-refractivity contribution in [3.8, 4) is 22.6 Å². The van der Waals surface area contributed by atoms with E-state index in [4.69, 9.17) is 13.9 Å². The Hall–Kier alpha value is -3.30. The zero-order chi connectivity index (χ0) is 25.2. The molecule has 0 saturated carbocycles. The lowest BCUT2D eigenvalue weighted by atomic mass is 9.99. The zero-order valence-electron chi connectivity index (χ0n) is 20.4. The van der Waals surface area contributed by atoms with E-state index in [-0.39, 0.29) is 5.91 Å². The van der Waals surface area contributed by atoms with Gasteiger partial charge in [0.2, 0.25) is 15.9 Å². The van der Waals surface area contributed by atoms with Gasteiger partial charge in [-0.1, -0.05) is 12.1 Å². The lowest BCUT2D eigenvalue weighted by Crippen LogP contribution is -2.49. The lowest BCUT2D eigenvalue weighted by Gasteiger charge is -2.32. The van der Waals surface area contributed by atoms with Gasteiger partial charge in [0.1, 0.15) is 17.1 Å². The molecule has 1 aliphatic rings. The van der Waals surface area contributed by atoms with Crippen molar-refractivity contribution in [2.45, 2.75) is 13.8 Å². The highest BCUT2D eigenvalue weighted by molar-refractivity contribution is 7.88. The molecule has 0 atom stereocenters. The smallest absolute Gasteiger partial charge is 0.246 e. The van der Waals surface area contributed by atoms with E-state index in [0.717, 1.165) is 33.4 Å². The second-order valence-corrected chi connectivity index (χ2v) is 10.5. The first-order valence-corrected chi connectivity index (χ1v) is 13.3. The number of nitrogens with zero attached hydrogens (tertiary/aromatic N) is 2. The van der Waals surface area contributed by atoms with Crippen LogP contribution in [0.2, 0.25) is 0 Å².